The summed E-state index contributed by atoms with van der Waals surface area (Å²) in [7, 11) is 0. The van der Waals surface area contributed by atoms with Crippen LogP contribution in [-0.4, -0.2) is 48.6 Å². The maximum absolute atomic E-state index is 12.8. The molecule has 7 nitrogen and oxygen atoms in total. The van der Waals surface area contributed by atoms with Crippen molar-refractivity contribution in [2.75, 3.05) is 19.6 Å². The third-order valence-electron chi connectivity index (χ3n) is 5.27. The summed E-state index contributed by atoms with van der Waals surface area (Å²) < 4.78 is 5.19. The molecule has 2 heterocycles. The molecule has 3 rings (SSSR count). The van der Waals surface area contributed by atoms with Gasteiger partial charge in [-0.3, -0.25) is 14.5 Å². The molecule has 160 valence electrons. The topological polar surface area (TPSA) is 86.9 Å². The number of piperidine rings is 1. The summed E-state index contributed by atoms with van der Waals surface area (Å²) in [5, 5.41) is 6.97. The van der Waals surface area contributed by atoms with Gasteiger partial charge in [0.15, 0.2) is 0 Å². The van der Waals surface area contributed by atoms with Crippen molar-refractivity contribution in [3.8, 4) is 0 Å². The minimum absolute atomic E-state index is 0.0619. The molecule has 1 unspecified atom stereocenters. The van der Waals surface area contributed by atoms with Gasteiger partial charge in [0.25, 0.3) is 11.8 Å². The van der Waals surface area contributed by atoms with Crippen molar-refractivity contribution >= 4 is 18.0 Å². The lowest BCUT2D eigenvalue weighted by Crippen LogP contribution is -2.47. The number of unbranched alkanes of at least 4 members (excludes halogenated alkanes) is 1. The minimum Gasteiger partial charge on any atom is -0.463 e. The van der Waals surface area contributed by atoms with Gasteiger partial charge < -0.3 is 9.73 Å². The number of nitrogens with one attached hydrogen (secondary N) is 2. The van der Waals surface area contributed by atoms with Crippen molar-refractivity contribution in [3.05, 3.63) is 60.1 Å². The fourth-order valence-electron chi connectivity index (χ4n) is 3.66. The first kappa shape index (κ1) is 21.8. The Balaban J connectivity index is 1.45. The highest BCUT2D eigenvalue weighted by molar-refractivity contribution is 5.94. The van der Waals surface area contributed by atoms with E-state index in [0.717, 1.165) is 45.2 Å². The number of hydrazone groups is 1. The van der Waals surface area contributed by atoms with E-state index < -0.39 is 0 Å². The van der Waals surface area contributed by atoms with Crippen LogP contribution in [0.5, 0.6) is 0 Å². The molecule has 2 amide bonds. The number of carbonyl (C=O) groups is 2. The summed E-state index contributed by atoms with van der Waals surface area (Å²) >= 11 is 0. The van der Waals surface area contributed by atoms with Crippen LogP contribution in [0, 0.1) is 0 Å². The maximum Gasteiger partial charge on any atom is 0.257 e. The normalized spacial score (nSPS) is 15.7. The van der Waals surface area contributed by atoms with Crippen LogP contribution in [0.25, 0.3) is 0 Å². The first-order valence-electron chi connectivity index (χ1n) is 10.7. The van der Waals surface area contributed by atoms with Crippen molar-refractivity contribution in [3.63, 3.8) is 0 Å². The van der Waals surface area contributed by atoms with Gasteiger partial charge in [0.2, 0.25) is 0 Å². The van der Waals surface area contributed by atoms with E-state index in [1.807, 2.05) is 18.2 Å². The molecule has 2 N–H and O–H groups in total. The summed E-state index contributed by atoms with van der Waals surface area (Å²) in [5.74, 6) is 0.445. The molecule has 1 aromatic carbocycles. The zero-order valence-electron chi connectivity index (χ0n) is 17.3. The molecular formula is C23H30N4O3. The number of rotatable bonds is 10. The molecule has 0 bridgehead atoms. The first-order chi connectivity index (χ1) is 14.7. The summed E-state index contributed by atoms with van der Waals surface area (Å²) in [6, 6.07) is 12.5. The Bertz CT molecular complexity index is 799. The lowest BCUT2D eigenvalue weighted by atomic mass is 10.0. The smallest absolute Gasteiger partial charge is 0.257 e. The quantitative estimate of drug-likeness (QED) is 0.358. The monoisotopic (exact) mass is 410 g/mol. The Hall–Kier alpha value is -2.93. The molecule has 2 aromatic rings. The van der Waals surface area contributed by atoms with Gasteiger partial charge in [0.05, 0.1) is 18.5 Å². The number of carbonyl (C=O) groups excluding carboxylic acids is 2. The Morgan fingerprint density at radius 2 is 1.87 bits per heavy atom. The predicted octanol–water partition coefficient (Wildman–Crippen LogP) is 3.18. The molecule has 0 saturated carbocycles. The number of amides is 2. The second-order valence-corrected chi connectivity index (χ2v) is 7.48. The fourth-order valence-corrected chi connectivity index (χ4v) is 3.66. The number of benzene rings is 1. The standard InChI is InChI=1S/C23H30N4O3/c28-22(19-10-3-1-4-11-19)24-14-6-5-13-21(27-15-7-2-8-16-27)23(29)26-25-18-20-12-9-17-30-20/h1,3-4,9-12,17-18,21H,2,5-8,13-16H2,(H,24,28)(H,26,29). The highest BCUT2D eigenvalue weighted by atomic mass is 16.3. The molecule has 0 radical (unpaired) electrons. The summed E-state index contributed by atoms with van der Waals surface area (Å²) in [4.78, 5) is 27.1. The van der Waals surface area contributed by atoms with Crippen molar-refractivity contribution in [1.82, 2.24) is 15.6 Å². The van der Waals surface area contributed by atoms with E-state index in [1.165, 1.54) is 12.6 Å². The van der Waals surface area contributed by atoms with Gasteiger partial charge in [-0.2, -0.15) is 5.10 Å². The van der Waals surface area contributed by atoms with Crippen molar-refractivity contribution < 1.29 is 14.0 Å². The molecule has 0 aliphatic carbocycles. The number of nitrogens with zero attached hydrogens (tertiary/aromatic N) is 2. The average Bonchev–Trinajstić information content (AvgIpc) is 3.30. The first-order valence-corrected chi connectivity index (χ1v) is 10.7. The van der Waals surface area contributed by atoms with Crippen LogP contribution < -0.4 is 10.7 Å². The van der Waals surface area contributed by atoms with Crippen LogP contribution in [0.15, 0.2) is 58.2 Å². The fraction of sp³-hybridized carbons (Fsp3) is 0.435. The van der Waals surface area contributed by atoms with Crippen LogP contribution >= 0.6 is 0 Å². The highest BCUT2D eigenvalue weighted by Gasteiger charge is 2.26. The van der Waals surface area contributed by atoms with Crippen LogP contribution in [0.4, 0.5) is 0 Å². The third kappa shape index (κ3) is 6.84. The van der Waals surface area contributed by atoms with Gasteiger partial charge in [-0.05, 0) is 69.5 Å². The van der Waals surface area contributed by atoms with Gasteiger partial charge in [-0.1, -0.05) is 24.6 Å². The Labute approximate surface area is 177 Å². The van der Waals surface area contributed by atoms with E-state index in [0.29, 0.717) is 17.9 Å². The lowest BCUT2D eigenvalue weighted by Gasteiger charge is -2.33. The molecular weight excluding hydrogens is 380 g/mol. The van der Waals surface area contributed by atoms with Gasteiger partial charge in [0, 0.05) is 12.1 Å². The largest absolute Gasteiger partial charge is 0.463 e. The molecule has 1 aliphatic heterocycles. The van der Waals surface area contributed by atoms with Crippen LogP contribution in [0.3, 0.4) is 0 Å². The molecule has 0 spiro atoms. The van der Waals surface area contributed by atoms with Gasteiger partial charge >= 0.3 is 0 Å². The summed E-state index contributed by atoms with van der Waals surface area (Å²) in [6.45, 7) is 2.47. The molecule has 1 fully saturated rings. The SMILES string of the molecule is O=C(NCCCCC(C(=O)NN=Cc1ccco1)N1CCCCC1)c1ccccc1. The van der Waals surface area contributed by atoms with E-state index in [2.05, 4.69) is 20.7 Å². The van der Waals surface area contributed by atoms with E-state index >= 15 is 0 Å². The zero-order valence-corrected chi connectivity index (χ0v) is 17.3. The number of hydrogen-bond acceptors (Lipinski definition) is 5. The van der Waals surface area contributed by atoms with E-state index in [4.69, 9.17) is 4.42 Å². The Kier molecular flexibility index (Phi) is 8.65. The van der Waals surface area contributed by atoms with Crippen molar-refractivity contribution in [2.24, 2.45) is 5.10 Å². The average molecular weight is 411 g/mol. The summed E-state index contributed by atoms with van der Waals surface area (Å²) in [6.07, 6.45) is 8.94. The van der Waals surface area contributed by atoms with E-state index in [1.54, 1.807) is 30.5 Å². The summed E-state index contributed by atoms with van der Waals surface area (Å²) in [5.41, 5.74) is 3.32. The van der Waals surface area contributed by atoms with Gasteiger partial charge in [0.1, 0.15) is 5.76 Å². The molecule has 1 aliphatic rings. The van der Waals surface area contributed by atoms with Crippen molar-refractivity contribution in [1.29, 1.82) is 0 Å². The number of furan rings is 1. The Morgan fingerprint density at radius 3 is 2.60 bits per heavy atom. The van der Waals surface area contributed by atoms with Gasteiger partial charge in [-0.15, -0.1) is 0 Å². The lowest BCUT2D eigenvalue weighted by molar-refractivity contribution is -0.127. The van der Waals surface area contributed by atoms with Crippen LogP contribution in [-0.2, 0) is 4.79 Å². The third-order valence-corrected chi connectivity index (χ3v) is 5.27. The number of likely N-dealkylation sites (tertiary alicyclic amines) is 1. The molecule has 1 aromatic heterocycles. The Morgan fingerprint density at radius 1 is 1.07 bits per heavy atom. The molecule has 7 heteroatoms. The van der Waals surface area contributed by atoms with E-state index in [-0.39, 0.29) is 17.9 Å². The molecule has 1 atom stereocenters. The second kappa shape index (κ2) is 11.9. The number of hydrogen-bond donors (Lipinski definition) is 2. The maximum atomic E-state index is 12.8. The second-order valence-electron chi connectivity index (χ2n) is 7.48. The molecule has 30 heavy (non-hydrogen) atoms. The van der Waals surface area contributed by atoms with Crippen molar-refractivity contribution in [2.45, 2.75) is 44.6 Å². The molecule has 1 saturated heterocycles. The zero-order chi connectivity index (χ0) is 21.0. The van der Waals surface area contributed by atoms with Crippen LogP contribution in [0.2, 0.25) is 0 Å². The predicted molar refractivity (Wildman–Crippen MR) is 116 cm³/mol. The van der Waals surface area contributed by atoms with Crippen LogP contribution in [0.1, 0.15) is 54.6 Å². The van der Waals surface area contributed by atoms with E-state index in [9.17, 15) is 9.59 Å². The van der Waals surface area contributed by atoms with Gasteiger partial charge in [-0.25, -0.2) is 5.43 Å². The minimum atomic E-state index is -0.205. The highest BCUT2D eigenvalue weighted by Crippen LogP contribution is 2.16.